The minimum atomic E-state index is -0.426. The number of nitrogens with one attached hydrogen (secondary N) is 1. The van der Waals surface area contributed by atoms with Crippen LogP contribution in [0.1, 0.15) is 18.0 Å². The summed E-state index contributed by atoms with van der Waals surface area (Å²) in [6, 6.07) is 3.21. The molecule has 1 saturated heterocycles. The van der Waals surface area contributed by atoms with Gasteiger partial charge in [-0.05, 0) is 24.6 Å². The molecule has 0 spiro atoms. The summed E-state index contributed by atoms with van der Waals surface area (Å²) >= 11 is 0. The van der Waals surface area contributed by atoms with E-state index in [0.717, 1.165) is 12.1 Å². The fourth-order valence-electron chi connectivity index (χ4n) is 1.40. The third kappa shape index (κ3) is 1.68. The van der Waals surface area contributed by atoms with E-state index >= 15 is 0 Å². The molecule has 0 saturated carbocycles. The van der Waals surface area contributed by atoms with E-state index in [-0.39, 0.29) is 6.04 Å². The van der Waals surface area contributed by atoms with Gasteiger partial charge in [-0.1, -0.05) is 0 Å². The molecule has 1 aromatic carbocycles. The minimum Gasteiger partial charge on any atom is -0.301 e. The highest BCUT2D eigenvalue weighted by Crippen LogP contribution is 2.24. The van der Waals surface area contributed by atoms with Crippen molar-refractivity contribution in [3.8, 4) is 0 Å². The van der Waals surface area contributed by atoms with Crippen LogP contribution < -0.4 is 5.48 Å². The molecular formula is C9H9F2NO. The first kappa shape index (κ1) is 8.59. The van der Waals surface area contributed by atoms with Crippen LogP contribution in [0.2, 0.25) is 0 Å². The van der Waals surface area contributed by atoms with Crippen LogP contribution >= 0.6 is 0 Å². The van der Waals surface area contributed by atoms with Gasteiger partial charge in [-0.25, -0.2) is 8.78 Å². The van der Waals surface area contributed by atoms with E-state index in [1.165, 1.54) is 6.07 Å². The van der Waals surface area contributed by atoms with Gasteiger partial charge in [0.2, 0.25) is 0 Å². The number of hydroxylamine groups is 1. The standard InChI is InChI=1S/C9H9F2NO/c10-6-1-2-8(11)7(5-6)9-3-4-13-12-9/h1-2,5,9,12H,3-4H2. The maximum Gasteiger partial charge on any atom is 0.128 e. The molecule has 0 aliphatic carbocycles. The highest BCUT2D eigenvalue weighted by atomic mass is 19.1. The fraction of sp³-hybridized carbons (Fsp3) is 0.333. The van der Waals surface area contributed by atoms with E-state index in [4.69, 9.17) is 4.84 Å². The summed E-state index contributed by atoms with van der Waals surface area (Å²) in [5, 5.41) is 0. The van der Waals surface area contributed by atoms with Crippen LogP contribution in [0.3, 0.4) is 0 Å². The number of benzene rings is 1. The Morgan fingerprint density at radius 2 is 2.23 bits per heavy atom. The van der Waals surface area contributed by atoms with E-state index in [0.29, 0.717) is 18.6 Å². The highest BCUT2D eigenvalue weighted by Gasteiger charge is 2.20. The molecule has 1 aromatic rings. The Morgan fingerprint density at radius 1 is 1.38 bits per heavy atom. The monoisotopic (exact) mass is 185 g/mol. The molecule has 70 valence electrons. The quantitative estimate of drug-likeness (QED) is 0.721. The highest BCUT2D eigenvalue weighted by molar-refractivity contribution is 5.22. The molecule has 1 aliphatic heterocycles. The lowest BCUT2D eigenvalue weighted by Gasteiger charge is -2.09. The van der Waals surface area contributed by atoms with Gasteiger partial charge in [0.25, 0.3) is 0 Å². The molecular weight excluding hydrogens is 176 g/mol. The first-order chi connectivity index (χ1) is 6.27. The van der Waals surface area contributed by atoms with Crippen molar-refractivity contribution in [2.24, 2.45) is 0 Å². The van der Waals surface area contributed by atoms with Gasteiger partial charge in [0.15, 0.2) is 0 Å². The Labute approximate surface area is 74.5 Å². The van der Waals surface area contributed by atoms with Crippen molar-refractivity contribution in [1.29, 1.82) is 0 Å². The second-order valence-electron chi connectivity index (χ2n) is 2.97. The number of rotatable bonds is 1. The van der Waals surface area contributed by atoms with Crippen LogP contribution in [0.4, 0.5) is 8.78 Å². The summed E-state index contributed by atoms with van der Waals surface area (Å²) in [6.07, 6.45) is 0.667. The topological polar surface area (TPSA) is 21.3 Å². The molecule has 1 unspecified atom stereocenters. The molecule has 0 bridgehead atoms. The van der Waals surface area contributed by atoms with Gasteiger partial charge in [-0.3, -0.25) is 0 Å². The lowest BCUT2D eigenvalue weighted by Crippen LogP contribution is -2.13. The van der Waals surface area contributed by atoms with Crippen molar-refractivity contribution in [2.45, 2.75) is 12.5 Å². The van der Waals surface area contributed by atoms with Gasteiger partial charge >= 0.3 is 0 Å². The Kier molecular flexibility index (Phi) is 2.24. The molecule has 0 amide bonds. The molecule has 1 aliphatic rings. The molecule has 2 rings (SSSR count). The molecule has 2 nitrogen and oxygen atoms in total. The first-order valence-corrected chi connectivity index (χ1v) is 4.09. The van der Waals surface area contributed by atoms with E-state index in [9.17, 15) is 8.78 Å². The predicted molar refractivity (Wildman–Crippen MR) is 42.8 cm³/mol. The third-order valence-electron chi connectivity index (χ3n) is 2.07. The maximum atomic E-state index is 13.2. The number of halogens is 2. The summed E-state index contributed by atoms with van der Waals surface area (Å²) < 4.78 is 25.9. The minimum absolute atomic E-state index is 0.226. The number of hydrogen-bond donors (Lipinski definition) is 1. The summed E-state index contributed by atoms with van der Waals surface area (Å²) in [5.74, 6) is -0.825. The second kappa shape index (κ2) is 3.40. The van der Waals surface area contributed by atoms with Gasteiger partial charge in [0, 0.05) is 5.56 Å². The third-order valence-corrected chi connectivity index (χ3v) is 2.07. The van der Waals surface area contributed by atoms with Crippen LogP contribution in [-0.4, -0.2) is 6.61 Å². The average Bonchev–Trinajstić information content (AvgIpc) is 2.61. The lowest BCUT2D eigenvalue weighted by atomic mass is 10.1. The van der Waals surface area contributed by atoms with Crippen molar-refractivity contribution in [3.63, 3.8) is 0 Å². The summed E-state index contributed by atoms with van der Waals surface area (Å²) in [5.41, 5.74) is 2.97. The van der Waals surface area contributed by atoms with Crippen molar-refractivity contribution < 1.29 is 13.6 Å². The van der Waals surface area contributed by atoms with Crippen LogP contribution in [0, 0.1) is 11.6 Å². The lowest BCUT2D eigenvalue weighted by molar-refractivity contribution is 0.0877. The Balaban J connectivity index is 2.32. The van der Waals surface area contributed by atoms with Crippen molar-refractivity contribution >= 4 is 0 Å². The van der Waals surface area contributed by atoms with Gasteiger partial charge in [-0.15, -0.1) is 0 Å². The smallest absolute Gasteiger partial charge is 0.128 e. The van der Waals surface area contributed by atoms with Crippen LogP contribution in [0.15, 0.2) is 18.2 Å². The largest absolute Gasteiger partial charge is 0.301 e. The van der Waals surface area contributed by atoms with E-state index in [1.807, 2.05) is 0 Å². The van der Waals surface area contributed by atoms with Gasteiger partial charge in [-0.2, -0.15) is 5.48 Å². The maximum absolute atomic E-state index is 13.2. The van der Waals surface area contributed by atoms with E-state index in [2.05, 4.69) is 5.48 Å². The van der Waals surface area contributed by atoms with Crippen molar-refractivity contribution in [2.75, 3.05) is 6.61 Å². The van der Waals surface area contributed by atoms with Gasteiger partial charge in [0.1, 0.15) is 11.6 Å². The van der Waals surface area contributed by atoms with Crippen LogP contribution in [-0.2, 0) is 4.84 Å². The molecule has 0 aromatic heterocycles. The molecule has 1 fully saturated rings. The second-order valence-corrected chi connectivity index (χ2v) is 2.97. The van der Waals surface area contributed by atoms with Crippen LogP contribution in [0.5, 0.6) is 0 Å². The predicted octanol–water partition coefficient (Wildman–Crippen LogP) is 1.93. The Morgan fingerprint density at radius 3 is 2.92 bits per heavy atom. The SMILES string of the molecule is Fc1ccc(F)c(C2CCON2)c1. The van der Waals surface area contributed by atoms with Gasteiger partial charge in [0.05, 0.1) is 12.6 Å². The van der Waals surface area contributed by atoms with E-state index in [1.54, 1.807) is 0 Å². The fourth-order valence-corrected chi connectivity index (χ4v) is 1.40. The molecule has 1 atom stereocenters. The van der Waals surface area contributed by atoms with Crippen LogP contribution in [0.25, 0.3) is 0 Å². The molecule has 1 heterocycles. The molecule has 4 heteroatoms. The Hall–Kier alpha value is -1.00. The van der Waals surface area contributed by atoms with Gasteiger partial charge < -0.3 is 4.84 Å². The molecule has 13 heavy (non-hydrogen) atoms. The van der Waals surface area contributed by atoms with E-state index < -0.39 is 11.6 Å². The molecule has 1 N–H and O–H groups in total. The zero-order chi connectivity index (χ0) is 9.26. The molecule has 0 radical (unpaired) electrons. The summed E-state index contributed by atoms with van der Waals surface area (Å²) in [6.45, 7) is 0.528. The normalized spacial score (nSPS) is 22.2. The zero-order valence-corrected chi connectivity index (χ0v) is 6.89. The first-order valence-electron chi connectivity index (χ1n) is 4.09. The number of hydrogen-bond acceptors (Lipinski definition) is 2. The summed E-state index contributed by atoms with van der Waals surface area (Å²) in [4.78, 5) is 4.87. The average molecular weight is 185 g/mol. The Bertz CT molecular complexity index is 310. The summed E-state index contributed by atoms with van der Waals surface area (Å²) in [7, 11) is 0. The van der Waals surface area contributed by atoms with Crippen molar-refractivity contribution in [1.82, 2.24) is 5.48 Å². The van der Waals surface area contributed by atoms with Crippen molar-refractivity contribution in [3.05, 3.63) is 35.4 Å². The zero-order valence-electron chi connectivity index (χ0n) is 6.89.